The summed E-state index contributed by atoms with van der Waals surface area (Å²) in [5.74, 6) is 1.30. The lowest BCUT2D eigenvalue weighted by molar-refractivity contribution is -0.00426. The number of nitrogens with one attached hydrogen (secondary N) is 1. The third-order valence-corrected chi connectivity index (χ3v) is 4.70. The van der Waals surface area contributed by atoms with Gasteiger partial charge in [0.05, 0.1) is 6.04 Å². The van der Waals surface area contributed by atoms with Gasteiger partial charge in [0.2, 0.25) is 0 Å². The quantitative estimate of drug-likeness (QED) is 0.717. The number of carbonyl (C=O) groups is 1. The number of fused-ring (bicyclic) bond motifs is 2. The topological polar surface area (TPSA) is 41.6 Å². The fourth-order valence-electron chi connectivity index (χ4n) is 4.01. The second-order valence-corrected chi connectivity index (χ2v) is 7.15. The monoisotopic (exact) mass is 252 g/mol. The lowest BCUT2D eigenvalue weighted by Crippen LogP contribution is -2.56. The molecular weight excluding hydrogens is 228 g/mol. The molecule has 1 N–H and O–H groups in total. The maximum absolute atomic E-state index is 12.4. The minimum absolute atomic E-state index is 0.117. The van der Waals surface area contributed by atoms with Crippen LogP contribution in [0.4, 0.5) is 4.79 Å². The molecule has 0 saturated carbocycles. The van der Waals surface area contributed by atoms with Gasteiger partial charge in [0.15, 0.2) is 0 Å². The van der Waals surface area contributed by atoms with Gasteiger partial charge in [0, 0.05) is 12.1 Å². The molecule has 3 fully saturated rings. The van der Waals surface area contributed by atoms with Crippen molar-refractivity contribution in [2.45, 2.75) is 64.3 Å². The number of nitrogens with zero attached hydrogens (tertiary/aromatic N) is 1. The number of amides is 1. The maximum Gasteiger partial charge on any atom is 0.410 e. The summed E-state index contributed by atoms with van der Waals surface area (Å²) < 4.78 is 5.57. The van der Waals surface area contributed by atoms with Gasteiger partial charge in [0.1, 0.15) is 5.60 Å². The van der Waals surface area contributed by atoms with Crippen molar-refractivity contribution in [3.63, 3.8) is 0 Å². The average molecular weight is 252 g/mol. The summed E-state index contributed by atoms with van der Waals surface area (Å²) in [6.45, 7) is 9.21. The molecule has 18 heavy (non-hydrogen) atoms. The van der Waals surface area contributed by atoms with Gasteiger partial charge in [-0.15, -0.1) is 0 Å². The molecule has 3 heterocycles. The molecule has 3 bridgehead atoms. The lowest BCUT2D eigenvalue weighted by Gasteiger charge is -2.43. The summed E-state index contributed by atoms with van der Waals surface area (Å²) >= 11 is 0. The Labute approximate surface area is 109 Å². The SMILES string of the molecule is C[C@@H]1C2NCC3CC2N(C(=O)OC(C)(C)C)C1C3. The molecule has 4 unspecified atom stereocenters. The van der Waals surface area contributed by atoms with Crippen LogP contribution in [-0.4, -0.2) is 41.3 Å². The normalized spacial score (nSPS) is 42.2. The summed E-state index contributed by atoms with van der Waals surface area (Å²) in [5, 5.41) is 3.62. The highest BCUT2D eigenvalue weighted by atomic mass is 16.6. The van der Waals surface area contributed by atoms with Crippen molar-refractivity contribution in [3.8, 4) is 0 Å². The summed E-state index contributed by atoms with van der Waals surface area (Å²) in [7, 11) is 0. The van der Waals surface area contributed by atoms with Gasteiger partial charge in [-0.2, -0.15) is 0 Å². The van der Waals surface area contributed by atoms with E-state index in [1.54, 1.807) is 0 Å². The molecule has 0 aromatic heterocycles. The van der Waals surface area contributed by atoms with Crippen molar-refractivity contribution in [3.05, 3.63) is 0 Å². The van der Waals surface area contributed by atoms with E-state index >= 15 is 0 Å². The molecule has 0 aromatic carbocycles. The van der Waals surface area contributed by atoms with Gasteiger partial charge in [-0.3, -0.25) is 0 Å². The van der Waals surface area contributed by atoms with E-state index in [0.717, 1.165) is 25.3 Å². The highest BCUT2D eigenvalue weighted by Crippen LogP contribution is 2.45. The molecule has 3 saturated heterocycles. The van der Waals surface area contributed by atoms with Crippen molar-refractivity contribution in [2.75, 3.05) is 6.54 Å². The fourth-order valence-corrected chi connectivity index (χ4v) is 4.01. The highest BCUT2D eigenvalue weighted by molar-refractivity contribution is 5.70. The van der Waals surface area contributed by atoms with E-state index in [1.807, 2.05) is 25.7 Å². The molecule has 3 aliphatic heterocycles. The molecule has 4 heteroatoms. The smallest absolute Gasteiger partial charge is 0.410 e. The molecule has 0 radical (unpaired) electrons. The van der Waals surface area contributed by atoms with Crippen LogP contribution in [0.1, 0.15) is 40.5 Å². The molecule has 102 valence electrons. The largest absolute Gasteiger partial charge is 0.444 e. The first-order valence-corrected chi connectivity index (χ1v) is 7.11. The second kappa shape index (κ2) is 3.86. The molecule has 0 aliphatic carbocycles. The fraction of sp³-hybridized carbons (Fsp3) is 0.929. The van der Waals surface area contributed by atoms with E-state index in [-0.39, 0.29) is 6.09 Å². The Morgan fingerprint density at radius 3 is 2.61 bits per heavy atom. The van der Waals surface area contributed by atoms with Crippen molar-refractivity contribution >= 4 is 6.09 Å². The van der Waals surface area contributed by atoms with Crippen molar-refractivity contribution in [2.24, 2.45) is 11.8 Å². The van der Waals surface area contributed by atoms with Crippen LogP contribution >= 0.6 is 0 Å². The van der Waals surface area contributed by atoms with Gasteiger partial charge < -0.3 is 15.0 Å². The average Bonchev–Trinajstić information content (AvgIpc) is 2.35. The zero-order valence-corrected chi connectivity index (χ0v) is 11.8. The van der Waals surface area contributed by atoms with Gasteiger partial charge >= 0.3 is 6.09 Å². The van der Waals surface area contributed by atoms with E-state index in [9.17, 15) is 4.79 Å². The van der Waals surface area contributed by atoms with Gasteiger partial charge in [-0.05, 0) is 52.0 Å². The Morgan fingerprint density at radius 1 is 1.28 bits per heavy atom. The molecule has 5 atom stereocenters. The Kier molecular flexibility index (Phi) is 2.63. The molecule has 4 nitrogen and oxygen atoms in total. The van der Waals surface area contributed by atoms with Crippen LogP contribution in [-0.2, 0) is 4.74 Å². The summed E-state index contributed by atoms with van der Waals surface area (Å²) in [5.41, 5.74) is -0.399. The first kappa shape index (κ1) is 12.3. The molecule has 3 rings (SSSR count). The van der Waals surface area contributed by atoms with E-state index in [4.69, 9.17) is 4.74 Å². The maximum atomic E-state index is 12.4. The third-order valence-electron chi connectivity index (χ3n) is 4.70. The molecule has 1 amide bonds. The Balaban J connectivity index is 1.81. The number of piperidine rings is 2. The number of hydrogen-bond donors (Lipinski definition) is 1. The minimum Gasteiger partial charge on any atom is -0.444 e. The predicted octanol–water partition coefficient (Wildman–Crippen LogP) is 1.99. The summed E-state index contributed by atoms with van der Waals surface area (Å²) in [6.07, 6.45) is 2.17. The highest BCUT2D eigenvalue weighted by Gasteiger charge is 2.56. The van der Waals surface area contributed by atoms with Gasteiger partial charge in [0.25, 0.3) is 0 Å². The van der Waals surface area contributed by atoms with E-state index < -0.39 is 5.60 Å². The van der Waals surface area contributed by atoms with Crippen LogP contribution in [0, 0.1) is 11.8 Å². The second-order valence-electron chi connectivity index (χ2n) is 7.15. The molecule has 3 aliphatic rings. The van der Waals surface area contributed by atoms with Gasteiger partial charge in [-0.25, -0.2) is 4.79 Å². The lowest BCUT2D eigenvalue weighted by atomic mass is 9.88. The van der Waals surface area contributed by atoms with Crippen molar-refractivity contribution in [1.82, 2.24) is 10.2 Å². The Morgan fingerprint density at radius 2 is 1.94 bits per heavy atom. The Bertz CT molecular complexity index is 361. The Hall–Kier alpha value is -0.770. The number of hydrogen-bond acceptors (Lipinski definition) is 3. The van der Waals surface area contributed by atoms with E-state index in [0.29, 0.717) is 24.0 Å². The number of rotatable bonds is 0. The molecule has 0 aromatic rings. The third kappa shape index (κ3) is 1.81. The van der Waals surface area contributed by atoms with Gasteiger partial charge in [-0.1, -0.05) is 6.92 Å². The van der Waals surface area contributed by atoms with Crippen molar-refractivity contribution in [1.29, 1.82) is 0 Å². The minimum atomic E-state index is -0.399. The van der Waals surface area contributed by atoms with Crippen LogP contribution in [0.5, 0.6) is 0 Å². The van der Waals surface area contributed by atoms with Crippen LogP contribution < -0.4 is 5.32 Å². The van der Waals surface area contributed by atoms with Crippen LogP contribution in [0.3, 0.4) is 0 Å². The molecular formula is C14H24N2O2. The number of ether oxygens (including phenoxy) is 1. The van der Waals surface area contributed by atoms with E-state index in [1.165, 1.54) is 0 Å². The van der Waals surface area contributed by atoms with Crippen LogP contribution in [0.15, 0.2) is 0 Å². The van der Waals surface area contributed by atoms with Crippen LogP contribution in [0.2, 0.25) is 0 Å². The first-order chi connectivity index (χ1) is 8.37. The predicted molar refractivity (Wildman–Crippen MR) is 69.3 cm³/mol. The first-order valence-electron chi connectivity index (χ1n) is 7.11. The summed E-state index contributed by atoms with van der Waals surface area (Å²) in [4.78, 5) is 14.4. The zero-order chi connectivity index (χ0) is 13.1. The van der Waals surface area contributed by atoms with Crippen molar-refractivity contribution < 1.29 is 9.53 Å². The standard InChI is InChI=1S/C14H24N2O2/c1-8-10-5-9-6-11(12(8)15-7-9)16(10)13(17)18-14(2,3)4/h8-12,15H,5-7H2,1-4H3/t8-,9?,10?,11?,12?/m0/s1. The number of carbonyl (C=O) groups excluding carboxylic acids is 1. The zero-order valence-electron chi connectivity index (χ0n) is 11.8. The van der Waals surface area contributed by atoms with Crippen LogP contribution in [0.25, 0.3) is 0 Å². The summed E-state index contributed by atoms with van der Waals surface area (Å²) in [6, 6.07) is 1.21. The molecule has 0 spiro atoms. The van der Waals surface area contributed by atoms with E-state index in [2.05, 4.69) is 12.2 Å².